The number of nitrogens with one attached hydrogen (secondary N) is 1. The molecular formula is C23H18N4O2. The number of aryl methyl sites for hydroxylation is 1. The predicted molar refractivity (Wildman–Crippen MR) is 109 cm³/mol. The van der Waals surface area contributed by atoms with Crippen LogP contribution in [0.3, 0.4) is 0 Å². The Hall–Kier alpha value is -4.11. The third-order valence-corrected chi connectivity index (χ3v) is 4.28. The normalized spacial score (nSPS) is 10.3. The number of hydrogen-bond donors (Lipinski definition) is 1. The van der Waals surface area contributed by atoms with Gasteiger partial charge in [-0.3, -0.25) is 5.10 Å². The van der Waals surface area contributed by atoms with Crippen LogP contribution in [0.25, 0.3) is 11.3 Å². The highest BCUT2D eigenvalue weighted by molar-refractivity contribution is 5.67. The van der Waals surface area contributed by atoms with Gasteiger partial charge in [0.25, 0.3) is 0 Å². The first-order chi connectivity index (χ1) is 14.2. The number of nitrogens with zero attached hydrogens (tertiary/aromatic N) is 3. The lowest BCUT2D eigenvalue weighted by atomic mass is 10.1. The summed E-state index contributed by atoms with van der Waals surface area (Å²) in [6, 6.07) is 22.7. The largest absolute Gasteiger partial charge is 0.473 e. The summed E-state index contributed by atoms with van der Waals surface area (Å²) < 4.78 is 11.7. The monoisotopic (exact) mass is 382 g/mol. The Morgan fingerprint density at radius 3 is 2.66 bits per heavy atom. The molecule has 1 N–H and O–H groups in total. The van der Waals surface area contributed by atoms with E-state index in [2.05, 4.69) is 21.3 Å². The van der Waals surface area contributed by atoms with Crippen LogP contribution in [0.1, 0.15) is 16.8 Å². The highest BCUT2D eigenvalue weighted by Crippen LogP contribution is 2.32. The molecular weight excluding hydrogens is 364 g/mol. The molecule has 0 radical (unpaired) electrons. The predicted octanol–water partition coefficient (Wildman–Crippen LogP) is 5.02. The van der Waals surface area contributed by atoms with Gasteiger partial charge in [-0.2, -0.15) is 10.4 Å². The zero-order valence-corrected chi connectivity index (χ0v) is 15.8. The molecule has 4 aromatic rings. The van der Waals surface area contributed by atoms with E-state index in [0.717, 1.165) is 22.5 Å². The van der Waals surface area contributed by atoms with Crippen molar-refractivity contribution >= 4 is 0 Å². The fourth-order valence-corrected chi connectivity index (χ4v) is 2.86. The fraction of sp³-hybridized carbons (Fsp3) is 0.0870. The number of nitriles is 1. The smallest absolute Gasteiger partial charge is 0.213 e. The van der Waals surface area contributed by atoms with E-state index < -0.39 is 0 Å². The standard InChI is InChI=1S/C23H18N4O2/c1-16-4-2-7-22(26-16)28-15-18-5-3-6-19(12-18)23-21(14-25-27-23)29-20-10-8-17(13-24)9-11-20/h2-12,14H,15H2,1H3,(H,25,27). The van der Waals surface area contributed by atoms with Gasteiger partial charge in [0.2, 0.25) is 5.88 Å². The first kappa shape index (κ1) is 18.3. The van der Waals surface area contributed by atoms with Crippen LogP contribution in [0.4, 0.5) is 0 Å². The average Bonchev–Trinajstić information content (AvgIpc) is 3.21. The second-order valence-corrected chi connectivity index (χ2v) is 6.45. The Labute approximate surface area is 168 Å². The molecule has 0 fully saturated rings. The summed E-state index contributed by atoms with van der Waals surface area (Å²) in [5.74, 6) is 1.84. The molecule has 0 saturated carbocycles. The minimum atomic E-state index is 0.407. The maximum absolute atomic E-state index is 8.91. The summed E-state index contributed by atoms with van der Waals surface area (Å²) in [6.45, 7) is 2.34. The van der Waals surface area contributed by atoms with Crippen LogP contribution in [0.5, 0.6) is 17.4 Å². The van der Waals surface area contributed by atoms with E-state index >= 15 is 0 Å². The number of hydrogen-bond acceptors (Lipinski definition) is 5. The minimum absolute atomic E-state index is 0.407. The van der Waals surface area contributed by atoms with E-state index in [-0.39, 0.29) is 0 Å². The zero-order valence-electron chi connectivity index (χ0n) is 15.8. The Balaban J connectivity index is 1.51. The Morgan fingerprint density at radius 1 is 1.03 bits per heavy atom. The van der Waals surface area contributed by atoms with Crippen molar-refractivity contribution < 1.29 is 9.47 Å². The molecule has 2 aromatic heterocycles. The van der Waals surface area contributed by atoms with Gasteiger partial charge in [-0.25, -0.2) is 4.98 Å². The summed E-state index contributed by atoms with van der Waals surface area (Å²) in [4.78, 5) is 4.36. The van der Waals surface area contributed by atoms with E-state index in [4.69, 9.17) is 14.7 Å². The molecule has 0 unspecified atom stereocenters. The van der Waals surface area contributed by atoms with Crippen molar-refractivity contribution in [1.29, 1.82) is 5.26 Å². The average molecular weight is 382 g/mol. The Bertz CT molecular complexity index is 1160. The van der Waals surface area contributed by atoms with Crippen molar-refractivity contribution in [3.8, 4) is 34.7 Å². The summed E-state index contributed by atoms with van der Waals surface area (Å²) >= 11 is 0. The molecule has 4 rings (SSSR count). The maximum Gasteiger partial charge on any atom is 0.213 e. The minimum Gasteiger partial charge on any atom is -0.473 e. The molecule has 0 spiro atoms. The molecule has 142 valence electrons. The first-order valence-corrected chi connectivity index (χ1v) is 9.08. The van der Waals surface area contributed by atoms with Crippen molar-refractivity contribution in [2.45, 2.75) is 13.5 Å². The van der Waals surface area contributed by atoms with Crippen LogP contribution < -0.4 is 9.47 Å². The van der Waals surface area contributed by atoms with Crippen molar-refractivity contribution in [2.75, 3.05) is 0 Å². The molecule has 2 aromatic carbocycles. The van der Waals surface area contributed by atoms with Crippen LogP contribution in [-0.4, -0.2) is 15.2 Å². The van der Waals surface area contributed by atoms with Crippen molar-refractivity contribution in [2.24, 2.45) is 0 Å². The SMILES string of the molecule is Cc1cccc(OCc2cccc(-c3[nH]ncc3Oc3ccc(C#N)cc3)c2)n1. The third kappa shape index (κ3) is 4.42. The molecule has 2 heterocycles. The highest BCUT2D eigenvalue weighted by atomic mass is 16.5. The molecule has 0 atom stereocenters. The zero-order chi connectivity index (χ0) is 20.1. The van der Waals surface area contributed by atoms with Crippen molar-refractivity contribution in [3.63, 3.8) is 0 Å². The highest BCUT2D eigenvalue weighted by Gasteiger charge is 2.11. The van der Waals surface area contributed by atoms with Gasteiger partial charge < -0.3 is 9.47 Å². The lowest BCUT2D eigenvalue weighted by Crippen LogP contribution is -1.98. The topological polar surface area (TPSA) is 83.8 Å². The number of rotatable bonds is 6. The van der Waals surface area contributed by atoms with Gasteiger partial charge in [0, 0.05) is 17.3 Å². The molecule has 29 heavy (non-hydrogen) atoms. The maximum atomic E-state index is 8.91. The van der Waals surface area contributed by atoms with Gasteiger partial charge in [0.1, 0.15) is 18.1 Å². The first-order valence-electron chi connectivity index (χ1n) is 9.08. The summed E-state index contributed by atoms with van der Waals surface area (Å²) in [6.07, 6.45) is 1.63. The van der Waals surface area contributed by atoms with E-state index in [1.807, 2.05) is 49.4 Å². The molecule has 0 aliphatic rings. The van der Waals surface area contributed by atoms with E-state index in [9.17, 15) is 0 Å². The van der Waals surface area contributed by atoms with Gasteiger partial charge in [0.15, 0.2) is 5.75 Å². The van der Waals surface area contributed by atoms with E-state index in [0.29, 0.717) is 29.5 Å². The number of aromatic amines is 1. The van der Waals surface area contributed by atoms with Crippen LogP contribution in [0, 0.1) is 18.3 Å². The summed E-state index contributed by atoms with van der Waals surface area (Å²) in [5.41, 5.74) is 4.21. The summed E-state index contributed by atoms with van der Waals surface area (Å²) in [5, 5.41) is 16.0. The number of H-pyrrole nitrogens is 1. The lowest BCUT2D eigenvalue weighted by Gasteiger charge is -2.09. The van der Waals surface area contributed by atoms with Gasteiger partial charge in [-0.05, 0) is 48.9 Å². The molecule has 6 nitrogen and oxygen atoms in total. The fourth-order valence-electron chi connectivity index (χ4n) is 2.86. The molecule has 6 heteroatoms. The Morgan fingerprint density at radius 2 is 1.86 bits per heavy atom. The lowest BCUT2D eigenvalue weighted by molar-refractivity contribution is 0.293. The van der Waals surface area contributed by atoms with Crippen molar-refractivity contribution in [3.05, 3.63) is 89.7 Å². The number of pyridine rings is 1. The van der Waals surface area contributed by atoms with Crippen LogP contribution in [-0.2, 0) is 6.61 Å². The number of benzene rings is 2. The van der Waals surface area contributed by atoms with Crippen LogP contribution in [0.15, 0.2) is 72.9 Å². The Kier molecular flexibility index (Phi) is 5.21. The van der Waals surface area contributed by atoms with Gasteiger partial charge >= 0.3 is 0 Å². The van der Waals surface area contributed by atoms with Gasteiger partial charge in [-0.15, -0.1) is 0 Å². The number of ether oxygens (including phenoxy) is 2. The van der Waals surface area contributed by atoms with Gasteiger partial charge in [-0.1, -0.05) is 24.3 Å². The number of aromatic nitrogens is 3. The molecule has 0 bridgehead atoms. The van der Waals surface area contributed by atoms with Crippen LogP contribution in [0.2, 0.25) is 0 Å². The van der Waals surface area contributed by atoms with E-state index in [1.165, 1.54) is 0 Å². The second kappa shape index (κ2) is 8.28. The van der Waals surface area contributed by atoms with Crippen LogP contribution >= 0.6 is 0 Å². The summed E-state index contributed by atoms with van der Waals surface area (Å²) in [7, 11) is 0. The van der Waals surface area contributed by atoms with Gasteiger partial charge in [0.05, 0.1) is 17.8 Å². The molecule has 0 aliphatic carbocycles. The molecule has 0 aliphatic heterocycles. The third-order valence-electron chi connectivity index (χ3n) is 4.28. The quantitative estimate of drug-likeness (QED) is 0.506. The van der Waals surface area contributed by atoms with Crippen molar-refractivity contribution in [1.82, 2.24) is 15.2 Å². The molecule has 0 saturated heterocycles. The van der Waals surface area contributed by atoms with E-state index in [1.54, 1.807) is 30.5 Å². The molecule has 0 amide bonds. The second-order valence-electron chi connectivity index (χ2n) is 6.45.